The Morgan fingerprint density at radius 2 is 1.51 bits per heavy atom. The number of Topliss-reactive ketones (excluding diaryl/α,β-unsaturated/α-hetero) is 1. The lowest BCUT2D eigenvalue weighted by atomic mass is 10.1. The number of carbonyl (C=O) groups excluding carboxylic acids is 1. The van der Waals surface area contributed by atoms with Gasteiger partial charge in [0.1, 0.15) is 28.8 Å². The van der Waals surface area contributed by atoms with E-state index in [9.17, 15) is 13.2 Å². The number of ether oxygens (including phenoxy) is 3. The quantitative estimate of drug-likeness (QED) is 0.284. The smallest absolute Gasteiger partial charge is 0.230 e. The van der Waals surface area contributed by atoms with Gasteiger partial charge in [0.15, 0.2) is 10.8 Å². The number of aryl methyl sites for hydroxylation is 3. The van der Waals surface area contributed by atoms with Crippen LogP contribution < -0.4 is 19.9 Å². The van der Waals surface area contributed by atoms with Crippen molar-refractivity contribution in [3.63, 3.8) is 0 Å². The highest BCUT2D eigenvalue weighted by atomic mass is 32.2. The average molecular weight is 548 g/mol. The molecule has 0 bridgehead atoms. The number of aromatic nitrogens is 2. The van der Waals surface area contributed by atoms with E-state index in [1.165, 1.54) is 24.3 Å². The van der Waals surface area contributed by atoms with E-state index in [4.69, 9.17) is 19.9 Å². The van der Waals surface area contributed by atoms with Crippen LogP contribution in [0.4, 0.5) is 5.82 Å². The summed E-state index contributed by atoms with van der Waals surface area (Å²) in [7, 11) is -0.994. The van der Waals surface area contributed by atoms with Gasteiger partial charge < -0.3 is 19.9 Å². The van der Waals surface area contributed by atoms with Gasteiger partial charge in [0.25, 0.3) is 0 Å². The summed E-state index contributed by atoms with van der Waals surface area (Å²) in [6.07, 6.45) is 0. The van der Waals surface area contributed by atoms with Crippen molar-refractivity contribution in [1.29, 1.82) is 0 Å². The van der Waals surface area contributed by atoms with E-state index in [-0.39, 0.29) is 22.3 Å². The van der Waals surface area contributed by atoms with Gasteiger partial charge in [0.05, 0.1) is 25.5 Å². The summed E-state index contributed by atoms with van der Waals surface area (Å²) in [5.41, 5.74) is 9.54. The SMILES string of the molecule is COc1cc(OC)cc(-c2ccc(C(=O)CS(=O)(=O)c3cccc(N)n3)c(Oc3c(C)cc(C)cc3C)n2)c1. The van der Waals surface area contributed by atoms with Gasteiger partial charge in [-0.25, -0.2) is 18.4 Å². The van der Waals surface area contributed by atoms with Crippen LogP contribution in [0.25, 0.3) is 11.3 Å². The number of methoxy groups -OCH3 is 2. The van der Waals surface area contributed by atoms with E-state index < -0.39 is 21.4 Å². The maximum absolute atomic E-state index is 13.4. The molecule has 4 aromatic rings. The van der Waals surface area contributed by atoms with Crippen LogP contribution in [0.2, 0.25) is 0 Å². The normalized spacial score (nSPS) is 11.2. The van der Waals surface area contributed by atoms with Gasteiger partial charge in [-0.2, -0.15) is 0 Å². The molecule has 0 saturated carbocycles. The van der Waals surface area contributed by atoms with Gasteiger partial charge in [0, 0.05) is 11.6 Å². The molecule has 2 N–H and O–H groups in total. The van der Waals surface area contributed by atoms with Gasteiger partial charge in [0.2, 0.25) is 15.7 Å². The molecule has 0 atom stereocenters. The second-order valence-corrected chi connectivity index (χ2v) is 11.0. The van der Waals surface area contributed by atoms with Crippen LogP contribution in [0, 0.1) is 20.8 Å². The summed E-state index contributed by atoms with van der Waals surface area (Å²) >= 11 is 0. The number of benzene rings is 2. The molecular weight excluding hydrogens is 518 g/mol. The fourth-order valence-corrected chi connectivity index (χ4v) is 5.38. The van der Waals surface area contributed by atoms with Crippen LogP contribution in [0.3, 0.4) is 0 Å². The number of nitrogens with zero attached hydrogens (tertiary/aromatic N) is 2. The summed E-state index contributed by atoms with van der Waals surface area (Å²) in [6.45, 7) is 5.76. The maximum atomic E-state index is 13.4. The van der Waals surface area contributed by atoms with Gasteiger partial charge >= 0.3 is 0 Å². The zero-order valence-electron chi connectivity index (χ0n) is 22.3. The van der Waals surface area contributed by atoms with Gasteiger partial charge in [-0.15, -0.1) is 0 Å². The monoisotopic (exact) mass is 547 g/mol. The molecule has 39 heavy (non-hydrogen) atoms. The predicted octanol–water partition coefficient (Wildman–Crippen LogP) is 5.12. The zero-order chi connectivity index (χ0) is 28.3. The molecule has 0 spiro atoms. The Hall–Kier alpha value is -4.44. The van der Waals surface area contributed by atoms with Gasteiger partial charge in [-0.1, -0.05) is 23.8 Å². The van der Waals surface area contributed by atoms with Crippen molar-refractivity contribution in [3.8, 4) is 34.4 Å². The number of sulfone groups is 1. The first-order chi connectivity index (χ1) is 18.5. The van der Waals surface area contributed by atoms with E-state index >= 15 is 0 Å². The fraction of sp³-hybridized carbons (Fsp3) is 0.207. The first-order valence-electron chi connectivity index (χ1n) is 12.0. The summed E-state index contributed by atoms with van der Waals surface area (Å²) in [4.78, 5) is 21.9. The Labute approximate surface area is 227 Å². The molecule has 0 saturated heterocycles. The summed E-state index contributed by atoms with van der Waals surface area (Å²) < 4.78 is 43.0. The molecule has 2 aromatic carbocycles. The molecule has 0 radical (unpaired) electrons. The Balaban J connectivity index is 1.81. The fourth-order valence-electron chi connectivity index (χ4n) is 4.20. The third kappa shape index (κ3) is 6.18. The minimum absolute atomic E-state index is 0.0143. The van der Waals surface area contributed by atoms with E-state index in [1.54, 1.807) is 38.5 Å². The molecular formula is C29H29N3O6S. The van der Waals surface area contributed by atoms with E-state index in [1.807, 2.05) is 32.9 Å². The van der Waals surface area contributed by atoms with E-state index in [0.717, 1.165) is 16.7 Å². The van der Waals surface area contributed by atoms with Gasteiger partial charge in [-0.3, -0.25) is 4.79 Å². The van der Waals surface area contributed by atoms with Crippen LogP contribution in [0.1, 0.15) is 27.0 Å². The molecule has 0 amide bonds. The molecule has 2 aromatic heterocycles. The topological polar surface area (TPSA) is 131 Å². The summed E-state index contributed by atoms with van der Waals surface area (Å²) in [5, 5.41) is -0.281. The molecule has 9 nitrogen and oxygen atoms in total. The number of carbonyl (C=O) groups is 1. The zero-order valence-corrected chi connectivity index (χ0v) is 23.1. The van der Waals surface area contributed by atoms with Crippen molar-refractivity contribution < 1.29 is 27.4 Å². The lowest BCUT2D eigenvalue weighted by Crippen LogP contribution is -2.19. The minimum Gasteiger partial charge on any atom is -0.497 e. The number of nitrogens with two attached hydrogens (primary N) is 1. The Kier molecular flexibility index (Phi) is 7.87. The van der Waals surface area contributed by atoms with Crippen LogP contribution in [0.5, 0.6) is 23.1 Å². The largest absolute Gasteiger partial charge is 0.497 e. The van der Waals surface area contributed by atoms with Gasteiger partial charge in [-0.05, 0) is 68.3 Å². The molecule has 0 aliphatic rings. The van der Waals surface area contributed by atoms with Crippen LogP contribution in [-0.2, 0) is 9.84 Å². The number of hydrogen-bond acceptors (Lipinski definition) is 9. The standard InChI is InChI=1S/C29H29N3O6S/c1-17-11-18(2)28(19(3)12-17)38-29-23(25(33)16-39(34,35)27-8-6-7-26(30)32-27)9-10-24(31-29)20-13-21(36-4)15-22(14-20)37-5/h6-15H,16H2,1-5H3,(H2,30,32). The Morgan fingerprint density at radius 3 is 2.10 bits per heavy atom. The predicted molar refractivity (Wildman–Crippen MR) is 149 cm³/mol. The number of ketones is 1. The lowest BCUT2D eigenvalue weighted by Gasteiger charge is -2.16. The second-order valence-electron chi connectivity index (χ2n) is 9.06. The average Bonchev–Trinajstić information content (AvgIpc) is 2.90. The molecule has 2 heterocycles. The first kappa shape index (κ1) is 27.6. The second kappa shape index (κ2) is 11.1. The van der Waals surface area contributed by atoms with Crippen LogP contribution in [-0.4, -0.2) is 44.1 Å². The van der Waals surface area contributed by atoms with Crippen molar-refractivity contribution in [1.82, 2.24) is 9.97 Å². The molecule has 0 aliphatic heterocycles. The number of pyridine rings is 2. The number of anilines is 1. The summed E-state index contributed by atoms with van der Waals surface area (Å²) in [6, 6.07) is 16.5. The lowest BCUT2D eigenvalue weighted by molar-refractivity contribution is 0.101. The number of nitrogen functional groups attached to an aromatic ring is 1. The Bertz CT molecular complexity index is 1620. The Morgan fingerprint density at radius 1 is 0.872 bits per heavy atom. The molecule has 4 rings (SSSR count). The van der Waals surface area contributed by atoms with Crippen molar-refractivity contribution in [3.05, 3.63) is 82.9 Å². The highest BCUT2D eigenvalue weighted by Gasteiger charge is 2.26. The molecule has 0 aliphatic carbocycles. The van der Waals surface area contributed by atoms with E-state index in [2.05, 4.69) is 9.97 Å². The van der Waals surface area contributed by atoms with Crippen molar-refractivity contribution in [2.45, 2.75) is 25.8 Å². The first-order valence-corrected chi connectivity index (χ1v) is 13.6. The molecule has 202 valence electrons. The van der Waals surface area contributed by atoms with Crippen molar-refractivity contribution in [2.24, 2.45) is 0 Å². The number of rotatable bonds is 9. The summed E-state index contributed by atoms with van der Waals surface area (Å²) in [5.74, 6) is 0.128. The van der Waals surface area contributed by atoms with E-state index in [0.29, 0.717) is 28.5 Å². The third-order valence-corrected chi connectivity index (χ3v) is 7.50. The van der Waals surface area contributed by atoms with Crippen LogP contribution >= 0.6 is 0 Å². The minimum atomic E-state index is -4.08. The highest BCUT2D eigenvalue weighted by Crippen LogP contribution is 2.35. The molecule has 0 unspecified atom stereocenters. The highest BCUT2D eigenvalue weighted by molar-refractivity contribution is 7.92. The third-order valence-electron chi connectivity index (χ3n) is 6.00. The molecule has 10 heteroatoms. The van der Waals surface area contributed by atoms with Crippen molar-refractivity contribution >= 4 is 21.4 Å². The molecule has 0 fully saturated rings. The maximum Gasteiger partial charge on any atom is 0.230 e. The number of hydrogen-bond donors (Lipinski definition) is 1. The van der Waals surface area contributed by atoms with Crippen LogP contribution in [0.15, 0.2) is 65.7 Å². The van der Waals surface area contributed by atoms with Crippen molar-refractivity contribution in [2.75, 3.05) is 25.7 Å².